The molecule has 0 spiro atoms. The van der Waals surface area contributed by atoms with E-state index in [9.17, 15) is 0 Å². The molecule has 2 aliphatic rings. The zero-order chi connectivity index (χ0) is 21.2. The number of aromatic nitrogens is 4. The molecule has 1 aliphatic heterocycles. The summed E-state index contributed by atoms with van der Waals surface area (Å²) < 4.78 is 10.4. The smallest absolute Gasteiger partial charge is 0.199 e. The van der Waals surface area contributed by atoms with Crippen molar-refractivity contribution in [3.63, 3.8) is 0 Å². The molecule has 1 aliphatic carbocycles. The third kappa shape index (κ3) is 4.56. The zero-order valence-corrected chi connectivity index (χ0v) is 18.7. The van der Waals surface area contributed by atoms with Crippen LogP contribution in [0.1, 0.15) is 24.4 Å². The van der Waals surface area contributed by atoms with Crippen molar-refractivity contribution in [2.24, 2.45) is 0 Å². The van der Waals surface area contributed by atoms with Crippen LogP contribution < -0.4 is 4.90 Å². The Kier molecular flexibility index (Phi) is 5.85. The maximum absolute atomic E-state index is 5.80. The van der Waals surface area contributed by atoms with Gasteiger partial charge in [-0.05, 0) is 61.9 Å². The second-order valence-electron chi connectivity index (χ2n) is 8.37. The van der Waals surface area contributed by atoms with E-state index in [-0.39, 0.29) is 0 Å². The highest BCUT2D eigenvalue weighted by Gasteiger charge is 2.29. The summed E-state index contributed by atoms with van der Waals surface area (Å²) in [5, 5.41) is 4.87. The molecule has 2 aromatic heterocycles. The third-order valence-electron chi connectivity index (χ3n) is 5.84. The molecule has 2 fully saturated rings. The van der Waals surface area contributed by atoms with Crippen molar-refractivity contribution in [1.82, 2.24) is 24.2 Å². The van der Waals surface area contributed by atoms with Crippen molar-refractivity contribution >= 4 is 17.9 Å². The van der Waals surface area contributed by atoms with E-state index >= 15 is 0 Å². The normalized spacial score (nSPS) is 16.8. The number of hydrogen-bond donors (Lipinski definition) is 0. The van der Waals surface area contributed by atoms with Crippen LogP contribution in [0.5, 0.6) is 0 Å². The minimum absolute atomic E-state index is 0.467. The summed E-state index contributed by atoms with van der Waals surface area (Å²) >= 11 is 5.80. The molecule has 5 rings (SSSR count). The summed E-state index contributed by atoms with van der Waals surface area (Å²) in [6, 6.07) is 13.3. The van der Waals surface area contributed by atoms with E-state index < -0.39 is 0 Å². The first kappa shape index (κ1) is 20.4. The van der Waals surface area contributed by atoms with Crippen molar-refractivity contribution in [3.8, 4) is 11.4 Å². The molecule has 7 nitrogen and oxygen atoms in total. The number of morpholine rings is 1. The topological polar surface area (TPSA) is 51.4 Å². The average molecular weight is 437 g/mol. The number of rotatable bonds is 7. The summed E-state index contributed by atoms with van der Waals surface area (Å²) in [5.74, 6) is 0.920. The Morgan fingerprint density at radius 3 is 2.58 bits per heavy atom. The molecule has 3 heterocycles. The number of ether oxygens (including phenoxy) is 1. The molecule has 0 N–H and O–H groups in total. The average Bonchev–Trinajstić information content (AvgIpc) is 3.60. The van der Waals surface area contributed by atoms with Crippen molar-refractivity contribution in [3.05, 3.63) is 59.1 Å². The fraction of sp³-hybridized carbons (Fsp3) is 0.435. The second kappa shape index (κ2) is 8.90. The molecular weight excluding hydrogens is 408 g/mol. The predicted octanol–water partition coefficient (Wildman–Crippen LogP) is 3.74. The zero-order valence-electron chi connectivity index (χ0n) is 17.9. The van der Waals surface area contributed by atoms with Gasteiger partial charge in [0.15, 0.2) is 10.6 Å². The first-order valence-corrected chi connectivity index (χ1v) is 11.3. The van der Waals surface area contributed by atoms with Crippen molar-refractivity contribution in [2.75, 3.05) is 38.3 Å². The van der Waals surface area contributed by atoms with E-state index in [1.807, 2.05) is 23.0 Å². The van der Waals surface area contributed by atoms with Gasteiger partial charge in [0.05, 0.1) is 19.9 Å². The molecule has 162 valence electrons. The van der Waals surface area contributed by atoms with Crippen LogP contribution in [-0.4, -0.2) is 57.6 Å². The van der Waals surface area contributed by atoms with Crippen LogP contribution in [-0.2, 0) is 18.0 Å². The minimum atomic E-state index is 0.467. The highest BCUT2D eigenvalue weighted by atomic mass is 32.1. The molecule has 1 aromatic carbocycles. The van der Waals surface area contributed by atoms with Gasteiger partial charge in [-0.25, -0.2) is 4.68 Å². The molecule has 31 heavy (non-hydrogen) atoms. The summed E-state index contributed by atoms with van der Waals surface area (Å²) in [6.07, 6.45) is 5.98. The fourth-order valence-corrected chi connectivity index (χ4v) is 4.42. The number of hydrogen-bond acceptors (Lipinski definition) is 6. The van der Waals surface area contributed by atoms with E-state index in [0.717, 1.165) is 49.0 Å². The Balaban J connectivity index is 1.29. The number of pyridine rings is 1. The maximum Gasteiger partial charge on any atom is 0.199 e. The van der Waals surface area contributed by atoms with E-state index in [2.05, 4.69) is 50.7 Å². The summed E-state index contributed by atoms with van der Waals surface area (Å²) in [7, 11) is 2.11. The molecule has 0 radical (unpaired) electrons. The molecule has 1 saturated heterocycles. The van der Waals surface area contributed by atoms with Gasteiger partial charge in [-0.15, -0.1) is 0 Å². The van der Waals surface area contributed by atoms with Gasteiger partial charge >= 0.3 is 0 Å². The Labute approximate surface area is 187 Å². The molecule has 0 unspecified atom stereocenters. The number of benzene rings is 1. The van der Waals surface area contributed by atoms with E-state index in [4.69, 9.17) is 22.1 Å². The second-order valence-corrected chi connectivity index (χ2v) is 8.74. The Bertz CT molecular complexity index is 1070. The Morgan fingerprint density at radius 2 is 1.90 bits per heavy atom. The SMILES string of the molecule is CN(Cc1ccc(N2CCOCC2)cc1)Cn1nc(-c2cccnc2)n(C2CC2)c1=S. The molecule has 8 heteroatoms. The number of nitrogens with zero attached hydrogens (tertiary/aromatic N) is 6. The van der Waals surface area contributed by atoms with Gasteiger partial charge < -0.3 is 9.64 Å². The molecular formula is C23H28N6OS. The van der Waals surface area contributed by atoms with Gasteiger partial charge in [-0.1, -0.05) is 12.1 Å². The van der Waals surface area contributed by atoms with Crippen LogP contribution in [0.3, 0.4) is 0 Å². The highest BCUT2D eigenvalue weighted by molar-refractivity contribution is 7.71. The van der Waals surface area contributed by atoms with Crippen LogP contribution in [0.2, 0.25) is 0 Å². The van der Waals surface area contributed by atoms with Crippen LogP contribution in [0.15, 0.2) is 48.8 Å². The van der Waals surface area contributed by atoms with Gasteiger partial charge in [-0.2, -0.15) is 5.10 Å². The van der Waals surface area contributed by atoms with Crippen molar-refractivity contribution < 1.29 is 4.74 Å². The van der Waals surface area contributed by atoms with Gasteiger partial charge in [0, 0.05) is 49.3 Å². The highest BCUT2D eigenvalue weighted by Crippen LogP contribution is 2.38. The summed E-state index contributed by atoms with van der Waals surface area (Å²) in [4.78, 5) is 8.88. The van der Waals surface area contributed by atoms with Crippen LogP contribution >= 0.6 is 12.2 Å². The minimum Gasteiger partial charge on any atom is -0.378 e. The van der Waals surface area contributed by atoms with Gasteiger partial charge in [-0.3, -0.25) is 14.5 Å². The standard InChI is InChI=1S/C23H28N6OS/c1-26(16-18-4-6-20(7-5-18)27-11-13-30-14-12-27)17-28-23(31)29(21-8-9-21)22(25-28)19-3-2-10-24-15-19/h2-7,10,15,21H,8-9,11-14,16-17H2,1H3. The monoisotopic (exact) mass is 436 g/mol. The van der Waals surface area contributed by atoms with E-state index in [1.54, 1.807) is 6.20 Å². The lowest BCUT2D eigenvalue weighted by Crippen LogP contribution is -2.36. The largest absolute Gasteiger partial charge is 0.378 e. The summed E-state index contributed by atoms with van der Waals surface area (Å²) in [6.45, 7) is 5.01. The Morgan fingerprint density at radius 1 is 1.13 bits per heavy atom. The first-order valence-electron chi connectivity index (χ1n) is 10.9. The third-order valence-corrected chi connectivity index (χ3v) is 6.25. The van der Waals surface area contributed by atoms with Crippen LogP contribution in [0.25, 0.3) is 11.4 Å². The van der Waals surface area contributed by atoms with Gasteiger partial charge in [0.25, 0.3) is 0 Å². The molecule has 1 saturated carbocycles. The maximum atomic E-state index is 5.80. The lowest BCUT2D eigenvalue weighted by Gasteiger charge is -2.29. The van der Waals surface area contributed by atoms with Crippen LogP contribution in [0, 0.1) is 4.77 Å². The summed E-state index contributed by atoms with van der Waals surface area (Å²) in [5.41, 5.74) is 3.56. The molecule has 3 aromatic rings. The van der Waals surface area contributed by atoms with Gasteiger partial charge in [0.1, 0.15) is 0 Å². The van der Waals surface area contributed by atoms with Crippen LogP contribution in [0.4, 0.5) is 5.69 Å². The molecule has 0 atom stereocenters. The van der Waals surface area contributed by atoms with E-state index in [0.29, 0.717) is 12.7 Å². The van der Waals surface area contributed by atoms with Gasteiger partial charge in [0.2, 0.25) is 0 Å². The predicted molar refractivity (Wildman–Crippen MR) is 123 cm³/mol. The lowest BCUT2D eigenvalue weighted by atomic mass is 10.2. The van der Waals surface area contributed by atoms with E-state index in [1.165, 1.54) is 24.1 Å². The first-order chi connectivity index (χ1) is 15.2. The quantitative estimate of drug-likeness (QED) is 0.526. The number of anilines is 1. The lowest BCUT2D eigenvalue weighted by molar-refractivity contribution is 0.122. The molecule has 0 amide bonds. The Hall–Kier alpha value is -2.55. The van der Waals surface area contributed by atoms with Crippen molar-refractivity contribution in [1.29, 1.82) is 0 Å². The molecule has 0 bridgehead atoms. The van der Waals surface area contributed by atoms with Crippen molar-refractivity contribution in [2.45, 2.75) is 32.1 Å². The fourth-order valence-electron chi connectivity index (χ4n) is 4.09.